The van der Waals surface area contributed by atoms with Crippen molar-refractivity contribution >= 4 is 28.9 Å². The van der Waals surface area contributed by atoms with Crippen LogP contribution in [0.15, 0.2) is 0 Å². The number of carbonyl (C=O) groups is 1. The lowest BCUT2D eigenvalue weighted by Crippen LogP contribution is -2.49. The number of piperidine rings is 1. The van der Waals surface area contributed by atoms with E-state index in [4.69, 9.17) is 23.7 Å². The van der Waals surface area contributed by atoms with Crippen LogP contribution in [0, 0.1) is 13.8 Å². The lowest BCUT2D eigenvalue weighted by atomic mass is 10.00. The van der Waals surface area contributed by atoms with Gasteiger partial charge in [0.05, 0.1) is 11.3 Å². The largest absolute Gasteiger partial charge is 0.389 e. The summed E-state index contributed by atoms with van der Waals surface area (Å²) in [4.78, 5) is 13.8. The molecule has 1 unspecified atom stereocenters. The zero-order chi connectivity index (χ0) is 14.9. The molecule has 0 bridgehead atoms. The van der Waals surface area contributed by atoms with Gasteiger partial charge >= 0.3 is 0 Å². The summed E-state index contributed by atoms with van der Waals surface area (Å²) in [6, 6.07) is -0.367. The highest BCUT2D eigenvalue weighted by molar-refractivity contribution is 7.80. The minimum Gasteiger partial charge on any atom is -0.389 e. The highest BCUT2D eigenvalue weighted by atomic mass is 32.1. The molecule has 1 amide bonds. The number of primary amides is 1. The average molecular weight is 293 g/mol. The topological polar surface area (TPSA) is 98.1 Å². The molecule has 20 heavy (non-hydrogen) atoms. The number of carbonyl (C=O) groups excluding carboxylic acids is 1. The fourth-order valence-corrected chi connectivity index (χ4v) is 2.82. The number of aromatic nitrogens is 2. The Morgan fingerprint density at radius 3 is 2.60 bits per heavy atom. The molecule has 0 aliphatic carbocycles. The van der Waals surface area contributed by atoms with Gasteiger partial charge in [0, 0.05) is 6.54 Å². The van der Waals surface area contributed by atoms with E-state index in [0.717, 1.165) is 30.5 Å². The van der Waals surface area contributed by atoms with E-state index in [1.165, 1.54) is 0 Å². The number of aryl methyl sites for hydroxylation is 1. The van der Waals surface area contributed by atoms with Crippen LogP contribution in [0.1, 0.15) is 36.1 Å². The summed E-state index contributed by atoms with van der Waals surface area (Å²) in [6.07, 6.45) is 2.68. The molecule has 0 spiro atoms. The smallest absolute Gasteiger partial charge is 0.240 e. The van der Waals surface area contributed by atoms with Crippen LogP contribution in [-0.2, 0) is 4.79 Å². The van der Waals surface area contributed by atoms with Crippen molar-refractivity contribution in [3.63, 3.8) is 0 Å². The van der Waals surface area contributed by atoms with E-state index in [1.54, 1.807) is 0 Å². The van der Waals surface area contributed by atoms with Crippen molar-refractivity contribution in [2.24, 2.45) is 11.5 Å². The summed E-state index contributed by atoms with van der Waals surface area (Å²) in [5.41, 5.74) is 13.7. The third-order valence-electron chi connectivity index (χ3n) is 3.79. The summed E-state index contributed by atoms with van der Waals surface area (Å²) in [5.74, 6) is 0.225. The van der Waals surface area contributed by atoms with Gasteiger partial charge in [0.15, 0.2) is 5.82 Å². The fourth-order valence-electron chi connectivity index (χ4n) is 2.57. The normalized spacial score (nSPS) is 18.9. The first-order valence-corrected chi connectivity index (χ1v) is 7.04. The summed E-state index contributed by atoms with van der Waals surface area (Å²) < 4.78 is 0. The van der Waals surface area contributed by atoms with Gasteiger partial charge in [-0.1, -0.05) is 12.2 Å². The lowest BCUT2D eigenvalue weighted by Gasteiger charge is -2.35. The van der Waals surface area contributed by atoms with E-state index in [0.29, 0.717) is 17.9 Å². The molecule has 1 saturated heterocycles. The SMILES string of the molecule is Cc1nnc(N2CCCCC2C(N)=O)c(C(N)=S)c1C. The quantitative estimate of drug-likeness (QED) is 0.791. The molecule has 7 heteroatoms. The Balaban J connectivity index is 2.53. The lowest BCUT2D eigenvalue weighted by molar-refractivity contribution is -0.119. The summed E-state index contributed by atoms with van der Waals surface area (Å²) in [5, 5.41) is 8.35. The number of nitrogens with zero attached hydrogens (tertiary/aromatic N) is 3. The van der Waals surface area contributed by atoms with Crippen molar-refractivity contribution in [2.75, 3.05) is 11.4 Å². The van der Waals surface area contributed by atoms with Crippen LogP contribution in [0.5, 0.6) is 0 Å². The molecule has 1 atom stereocenters. The van der Waals surface area contributed by atoms with Crippen molar-refractivity contribution < 1.29 is 4.79 Å². The molecule has 0 saturated carbocycles. The van der Waals surface area contributed by atoms with Crippen molar-refractivity contribution in [1.29, 1.82) is 0 Å². The van der Waals surface area contributed by atoms with Gasteiger partial charge in [-0.05, 0) is 38.7 Å². The number of amides is 1. The van der Waals surface area contributed by atoms with Crippen LogP contribution in [0.3, 0.4) is 0 Å². The fraction of sp³-hybridized carbons (Fsp3) is 0.538. The minimum absolute atomic E-state index is 0.268. The molecule has 0 aromatic carbocycles. The first-order valence-electron chi connectivity index (χ1n) is 6.63. The van der Waals surface area contributed by atoms with Gasteiger partial charge in [-0.2, -0.15) is 5.10 Å². The third kappa shape index (κ3) is 2.58. The number of hydrogen-bond donors (Lipinski definition) is 2. The summed E-state index contributed by atoms with van der Waals surface area (Å²) in [6.45, 7) is 4.47. The molecule has 1 fully saturated rings. The van der Waals surface area contributed by atoms with Crippen LogP contribution in [0.4, 0.5) is 5.82 Å². The van der Waals surface area contributed by atoms with Crippen molar-refractivity contribution in [1.82, 2.24) is 10.2 Å². The number of rotatable bonds is 3. The van der Waals surface area contributed by atoms with Crippen molar-refractivity contribution in [3.8, 4) is 0 Å². The first kappa shape index (κ1) is 14.6. The Hall–Kier alpha value is -1.76. The number of anilines is 1. The van der Waals surface area contributed by atoms with Gasteiger partial charge in [0.25, 0.3) is 0 Å². The molecule has 2 rings (SSSR count). The molecular weight excluding hydrogens is 274 g/mol. The maximum absolute atomic E-state index is 11.6. The highest BCUT2D eigenvalue weighted by Gasteiger charge is 2.31. The van der Waals surface area contributed by atoms with E-state index >= 15 is 0 Å². The van der Waals surface area contributed by atoms with Crippen LogP contribution in [0.25, 0.3) is 0 Å². The Kier molecular flexibility index (Phi) is 4.17. The summed E-state index contributed by atoms with van der Waals surface area (Å²) >= 11 is 5.14. The second-order valence-electron chi connectivity index (χ2n) is 5.08. The predicted molar refractivity (Wildman–Crippen MR) is 81.6 cm³/mol. The Labute approximate surface area is 123 Å². The van der Waals surface area contributed by atoms with Gasteiger partial charge in [-0.15, -0.1) is 5.10 Å². The molecule has 108 valence electrons. The molecule has 1 aromatic rings. The van der Waals surface area contributed by atoms with Gasteiger partial charge < -0.3 is 16.4 Å². The maximum Gasteiger partial charge on any atom is 0.240 e. The molecule has 1 aliphatic rings. The molecular formula is C13H19N5OS. The van der Waals surface area contributed by atoms with Crippen LogP contribution < -0.4 is 16.4 Å². The molecule has 4 N–H and O–H groups in total. The van der Waals surface area contributed by atoms with Crippen LogP contribution in [-0.4, -0.2) is 33.7 Å². The molecule has 6 nitrogen and oxygen atoms in total. The predicted octanol–water partition coefficient (Wildman–Crippen LogP) is 0.572. The average Bonchev–Trinajstić information content (AvgIpc) is 2.41. The zero-order valence-electron chi connectivity index (χ0n) is 11.7. The Morgan fingerprint density at radius 2 is 2.00 bits per heavy atom. The van der Waals surface area contributed by atoms with Crippen LogP contribution >= 0.6 is 12.2 Å². The number of hydrogen-bond acceptors (Lipinski definition) is 5. The molecule has 1 aromatic heterocycles. The second kappa shape index (κ2) is 5.70. The van der Waals surface area contributed by atoms with E-state index in [9.17, 15) is 4.79 Å². The van der Waals surface area contributed by atoms with E-state index in [1.807, 2.05) is 18.7 Å². The molecule has 1 aliphatic heterocycles. The maximum atomic E-state index is 11.6. The van der Waals surface area contributed by atoms with E-state index in [2.05, 4.69) is 10.2 Å². The van der Waals surface area contributed by atoms with Gasteiger partial charge in [-0.25, -0.2) is 0 Å². The second-order valence-corrected chi connectivity index (χ2v) is 5.52. The molecule has 2 heterocycles. The summed E-state index contributed by atoms with van der Waals surface area (Å²) in [7, 11) is 0. The van der Waals surface area contributed by atoms with Gasteiger partial charge in [-0.3, -0.25) is 4.79 Å². The highest BCUT2D eigenvalue weighted by Crippen LogP contribution is 2.28. The third-order valence-corrected chi connectivity index (χ3v) is 3.99. The van der Waals surface area contributed by atoms with Crippen molar-refractivity contribution in [3.05, 3.63) is 16.8 Å². The van der Waals surface area contributed by atoms with Crippen LogP contribution in [0.2, 0.25) is 0 Å². The van der Waals surface area contributed by atoms with E-state index in [-0.39, 0.29) is 16.9 Å². The Morgan fingerprint density at radius 1 is 1.30 bits per heavy atom. The first-order chi connectivity index (χ1) is 9.43. The monoisotopic (exact) mass is 293 g/mol. The number of thiocarbonyl (C=S) groups is 1. The standard InChI is InChI=1S/C13H19N5OS/c1-7-8(2)16-17-13(10(7)12(15)20)18-6-4-3-5-9(18)11(14)19/h9H,3-6H2,1-2H3,(H2,14,19)(H2,15,20). The Bertz CT molecular complexity index is 560. The van der Waals surface area contributed by atoms with Gasteiger partial charge in [0.2, 0.25) is 5.91 Å². The minimum atomic E-state index is -0.367. The van der Waals surface area contributed by atoms with Gasteiger partial charge in [0.1, 0.15) is 11.0 Å². The van der Waals surface area contributed by atoms with Crippen molar-refractivity contribution in [2.45, 2.75) is 39.2 Å². The molecule has 0 radical (unpaired) electrons. The zero-order valence-corrected chi connectivity index (χ0v) is 12.5. The van der Waals surface area contributed by atoms with E-state index < -0.39 is 0 Å². The number of nitrogens with two attached hydrogens (primary N) is 2.